The van der Waals surface area contributed by atoms with Crippen molar-refractivity contribution in [3.63, 3.8) is 0 Å². The highest BCUT2D eigenvalue weighted by Crippen LogP contribution is 2.34. The molecule has 6 heteroatoms. The SMILES string of the molecule is COC[C@@]1(CC(N)=O)CCCN1Cc1ccc(C(=O)O)cc1. The van der Waals surface area contributed by atoms with Crippen molar-refractivity contribution in [1.82, 2.24) is 4.90 Å². The van der Waals surface area contributed by atoms with Gasteiger partial charge in [-0.2, -0.15) is 0 Å². The zero-order chi connectivity index (χ0) is 16.2. The molecule has 0 spiro atoms. The number of primary amides is 1. The zero-order valence-corrected chi connectivity index (χ0v) is 12.7. The number of nitrogens with zero attached hydrogens (tertiary/aromatic N) is 1. The third-order valence-electron chi connectivity index (χ3n) is 4.23. The van der Waals surface area contributed by atoms with Gasteiger partial charge in [-0.3, -0.25) is 9.69 Å². The normalized spacial score (nSPS) is 21.9. The summed E-state index contributed by atoms with van der Waals surface area (Å²) in [7, 11) is 1.63. The minimum absolute atomic E-state index is 0.269. The van der Waals surface area contributed by atoms with E-state index in [0.29, 0.717) is 13.2 Å². The van der Waals surface area contributed by atoms with Crippen molar-refractivity contribution in [2.75, 3.05) is 20.3 Å². The summed E-state index contributed by atoms with van der Waals surface area (Å²) in [6, 6.07) is 6.81. The molecule has 2 rings (SSSR count). The molecule has 3 N–H and O–H groups in total. The predicted molar refractivity (Wildman–Crippen MR) is 81.5 cm³/mol. The molecule has 0 aliphatic carbocycles. The number of nitrogens with two attached hydrogens (primary N) is 1. The number of ether oxygens (including phenoxy) is 1. The number of likely N-dealkylation sites (tertiary alicyclic amines) is 1. The molecule has 1 fully saturated rings. The molecule has 0 aromatic heterocycles. The third-order valence-corrected chi connectivity index (χ3v) is 4.23. The van der Waals surface area contributed by atoms with Gasteiger partial charge in [0.25, 0.3) is 0 Å². The first-order valence-corrected chi connectivity index (χ1v) is 7.31. The number of carboxylic acid groups (broad SMARTS) is 1. The molecular weight excluding hydrogens is 284 g/mol. The summed E-state index contributed by atoms with van der Waals surface area (Å²) in [5.41, 5.74) is 6.33. The molecule has 120 valence electrons. The van der Waals surface area contributed by atoms with Gasteiger partial charge in [0.2, 0.25) is 5.91 Å². The maximum Gasteiger partial charge on any atom is 0.335 e. The first-order valence-electron chi connectivity index (χ1n) is 7.31. The van der Waals surface area contributed by atoms with Crippen molar-refractivity contribution >= 4 is 11.9 Å². The number of benzene rings is 1. The number of hydrogen-bond acceptors (Lipinski definition) is 4. The minimum atomic E-state index is -0.935. The molecular formula is C16H22N2O4. The molecule has 1 aromatic rings. The van der Waals surface area contributed by atoms with E-state index < -0.39 is 5.97 Å². The first kappa shape index (κ1) is 16.5. The van der Waals surface area contributed by atoms with Crippen molar-refractivity contribution in [2.45, 2.75) is 31.3 Å². The molecule has 0 unspecified atom stereocenters. The fourth-order valence-corrected chi connectivity index (χ4v) is 3.22. The van der Waals surface area contributed by atoms with Crippen molar-refractivity contribution in [3.8, 4) is 0 Å². The van der Waals surface area contributed by atoms with Crippen molar-refractivity contribution in [1.29, 1.82) is 0 Å². The van der Waals surface area contributed by atoms with Crippen LogP contribution in [0.1, 0.15) is 35.2 Å². The van der Waals surface area contributed by atoms with E-state index in [1.807, 2.05) is 12.1 Å². The molecule has 1 saturated heterocycles. The molecule has 1 aliphatic rings. The molecule has 0 saturated carbocycles. The fraction of sp³-hybridized carbons (Fsp3) is 0.500. The third kappa shape index (κ3) is 3.64. The summed E-state index contributed by atoms with van der Waals surface area (Å²) in [5.74, 6) is -1.26. The molecule has 1 atom stereocenters. The van der Waals surface area contributed by atoms with Crippen LogP contribution < -0.4 is 5.73 Å². The number of carbonyl (C=O) groups is 2. The van der Waals surface area contributed by atoms with Crippen LogP contribution in [0.4, 0.5) is 0 Å². The predicted octanol–water partition coefficient (Wildman–Crippen LogP) is 1.24. The second-order valence-corrected chi connectivity index (χ2v) is 5.83. The van der Waals surface area contributed by atoms with Gasteiger partial charge in [0.05, 0.1) is 17.7 Å². The number of methoxy groups -OCH3 is 1. The number of carbonyl (C=O) groups excluding carboxylic acids is 1. The quantitative estimate of drug-likeness (QED) is 0.790. The molecule has 6 nitrogen and oxygen atoms in total. The highest BCUT2D eigenvalue weighted by atomic mass is 16.5. The van der Waals surface area contributed by atoms with Gasteiger partial charge < -0.3 is 15.6 Å². The Balaban J connectivity index is 2.15. The van der Waals surface area contributed by atoms with Crippen LogP contribution >= 0.6 is 0 Å². The summed E-state index contributed by atoms with van der Waals surface area (Å²) < 4.78 is 5.32. The number of carboxylic acids is 1. The second-order valence-electron chi connectivity index (χ2n) is 5.83. The number of rotatable bonds is 7. The van der Waals surface area contributed by atoms with Crippen molar-refractivity contribution in [2.24, 2.45) is 5.73 Å². The van der Waals surface area contributed by atoms with Crippen LogP contribution in [0.5, 0.6) is 0 Å². The molecule has 1 amide bonds. The lowest BCUT2D eigenvalue weighted by Gasteiger charge is -2.37. The van der Waals surface area contributed by atoms with E-state index in [0.717, 1.165) is 24.9 Å². The fourth-order valence-electron chi connectivity index (χ4n) is 3.22. The van der Waals surface area contributed by atoms with Gasteiger partial charge in [-0.15, -0.1) is 0 Å². The van der Waals surface area contributed by atoms with Gasteiger partial charge in [-0.25, -0.2) is 4.79 Å². The van der Waals surface area contributed by atoms with E-state index in [-0.39, 0.29) is 23.4 Å². The highest BCUT2D eigenvalue weighted by Gasteiger charge is 2.42. The van der Waals surface area contributed by atoms with E-state index in [1.54, 1.807) is 19.2 Å². The van der Waals surface area contributed by atoms with Crippen LogP contribution in [0.2, 0.25) is 0 Å². The topological polar surface area (TPSA) is 92.9 Å². The largest absolute Gasteiger partial charge is 0.478 e. The Morgan fingerprint density at radius 2 is 2.05 bits per heavy atom. The summed E-state index contributed by atoms with van der Waals surface area (Å²) >= 11 is 0. The van der Waals surface area contributed by atoms with Crippen molar-refractivity contribution < 1.29 is 19.4 Å². The lowest BCUT2D eigenvalue weighted by molar-refractivity contribution is -0.121. The van der Waals surface area contributed by atoms with Crippen LogP contribution in [-0.4, -0.2) is 47.7 Å². The Morgan fingerprint density at radius 1 is 1.36 bits per heavy atom. The Bertz CT molecular complexity index is 544. The van der Waals surface area contributed by atoms with Gasteiger partial charge in [-0.05, 0) is 37.1 Å². The smallest absolute Gasteiger partial charge is 0.335 e. The van der Waals surface area contributed by atoms with Crippen LogP contribution in [0.25, 0.3) is 0 Å². The monoisotopic (exact) mass is 306 g/mol. The van der Waals surface area contributed by atoms with Gasteiger partial charge in [0, 0.05) is 20.1 Å². The standard InChI is InChI=1S/C16H22N2O4/c1-22-11-16(9-14(17)19)7-2-8-18(16)10-12-3-5-13(6-4-12)15(20)21/h3-6H,2,7-11H2,1H3,(H2,17,19)(H,20,21)/t16-/m0/s1. The number of aromatic carboxylic acids is 1. The average molecular weight is 306 g/mol. The second kappa shape index (κ2) is 6.89. The Morgan fingerprint density at radius 3 is 2.59 bits per heavy atom. The van der Waals surface area contributed by atoms with Crippen LogP contribution in [0, 0.1) is 0 Å². The average Bonchev–Trinajstić information content (AvgIpc) is 2.81. The van der Waals surface area contributed by atoms with E-state index >= 15 is 0 Å². The van der Waals surface area contributed by atoms with Gasteiger partial charge >= 0.3 is 5.97 Å². The number of hydrogen-bond donors (Lipinski definition) is 2. The first-order chi connectivity index (χ1) is 10.5. The molecule has 0 radical (unpaired) electrons. The maximum absolute atomic E-state index is 11.4. The molecule has 1 aromatic carbocycles. The molecule has 22 heavy (non-hydrogen) atoms. The van der Waals surface area contributed by atoms with E-state index in [2.05, 4.69) is 4.90 Å². The lowest BCUT2D eigenvalue weighted by Crippen LogP contribution is -2.49. The molecule has 1 aliphatic heterocycles. The summed E-state index contributed by atoms with van der Waals surface area (Å²) in [4.78, 5) is 24.5. The van der Waals surface area contributed by atoms with Gasteiger partial charge in [0.1, 0.15) is 0 Å². The molecule has 1 heterocycles. The van der Waals surface area contributed by atoms with Crippen molar-refractivity contribution in [3.05, 3.63) is 35.4 Å². The van der Waals surface area contributed by atoms with Gasteiger partial charge in [0.15, 0.2) is 0 Å². The highest BCUT2D eigenvalue weighted by molar-refractivity contribution is 5.87. The summed E-state index contributed by atoms with van der Waals surface area (Å²) in [6.45, 7) is 1.98. The maximum atomic E-state index is 11.4. The zero-order valence-electron chi connectivity index (χ0n) is 12.7. The molecule has 0 bridgehead atoms. The van der Waals surface area contributed by atoms with Crippen LogP contribution in [0.15, 0.2) is 24.3 Å². The van der Waals surface area contributed by atoms with Gasteiger partial charge in [-0.1, -0.05) is 12.1 Å². The Labute approximate surface area is 129 Å². The summed E-state index contributed by atoms with van der Waals surface area (Å²) in [6.07, 6.45) is 2.13. The summed E-state index contributed by atoms with van der Waals surface area (Å²) in [5, 5.41) is 8.93. The Kier molecular flexibility index (Phi) is 5.15. The van der Waals surface area contributed by atoms with E-state index in [1.165, 1.54) is 0 Å². The van der Waals surface area contributed by atoms with Crippen LogP contribution in [0.3, 0.4) is 0 Å². The minimum Gasteiger partial charge on any atom is -0.478 e. The van der Waals surface area contributed by atoms with Crippen LogP contribution in [-0.2, 0) is 16.1 Å². The van der Waals surface area contributed by atoms with E-state index in [9.17, 15) is 9.59 Å². The Hall–Kier alpha value is -1.92. The van der Waals surface area contributed by atoms with E-state index in [4.69, 9.17) is 15.6 Å². The lowest BCUT2D eigenvalue weighted by atomic mass is 9.92. The number of amides is 1.